The Hall–Kier alpha value is -2.00. The number of rotatable bonds is 3. The molecular weight excluding hydrogens is 214 g/mol. The maximum Gasteiger partial charge on any atom is 0.150 e. The second kappa shape index (κ2) is 4.89. The number of para-hydroxylation sites is 1. The zero-order valence-electron chi connectivity index (χ0n) is 9.68. The first kappa shape index (κ1) is 11.5. The number of nitrogen functional groups attached to an aromatic ring is 1. The van der Waals surface area contributed by atoms with Gasteiger partial charge >= 0.3 is 0 Å². The van der Waals surface area contributed by atoms with Crippen LogP contribution in [-0.2, 0) is 6.61 Å². The van der Waals surface area contributed by atoms with Gasteiger partial charge in [0, 0.05) is 0 Å². The SMILES string of the molecule is Cc1cccc(Oc2ccc(CO)cc2)c1N. The molecule has 3 N–H and O–H groups in total. The molecule has 0 aromatic heterocycles. The third-order valence-electron chi connectivity index (χ3n) is 2.62. The van der Waals surface area contributed by atoms with Crippen LogP contribution in [0.25, 0.3) is 0 Å². The quantitative estimate of drug-likeness (QED) is 0.796. The molecule has 0 radical (unpaired) electrons. The number of anilines is 1. The van der Waals surface area contributed by atoms with Gasteiger partial charge in [-0.3, -0.25) is 0 Å². The van der Waals surface area contributed by atoms with E-state index < -0.39 is 0 Å². The van der Waals surface area contributed by atoms with E-state index in [1.165, 1.54) is 0 Å². The van der Waals surface area contributed by atoms with Crippen LogP contribution >= 0.6 is 0 Å². The predicted octanol–water partition coefficient (Wildman–Crippen LogP) is 2.86. The first-order valence-corrected chi connectivity index (χ1v) is 5.43. The fourth-order valence-corrected chi connectivity index (χ4v) is 1.53. The summed E-state index contributed by atoms with van der Waals surface area (Å²) in [6, 6.07) is 13.0. The van der Waals surface area contributed by atoms with E-state index in [-0.39, 0.29) is 6.61 Å². The molecule has 0 aliphatic carbocycles. The third-order valence-corrected chi connectivity index (χ3v) is 2.62. The molecule has 0 unspecified atom stereocenters. The van der Waals surface area contributed by atoms with Gasteiger partial charge in [-0.25, -0.2) is 0 Å². The van der Waals surface area contributed by atoms with Crippen LogP contribution in [0.1, 0.15) is 11.1 Å². The molecule has 3 heteroatoms. The molecule has 0 aliphatic heterocycles. The van der Waals surface area contributed by atoms with Crippen molar-refractivity contribution in [2.75, 3.05) is 5.73 Å². The number of aliphatic hydroxyl groups is 1. The van der Waals surface area contributed by atoms with Crippen molar-refractivity contribution in [3.05, 3.63) is 53.6 Å². The molecular formula is C14H15NO2. The Morgan fingerprint density at radius 1 is 1.12 bits per heavy atom. The summed E-state index contributed by atoms with van der Waals surface area (Å²) in [7, 11) is 0. The zero-order chi connectivity index (χ0) is 12.3. The summed E-state index contributed by atoms with van der Waals surface area (Å²) in [5.41, 5.74) is 8.42. The Bertz CT molecular complexity index is 506. The number of nitrogens with two attached hydrogens (primary N) is 1. The highest BCUT2D eigenvalue weighted by Crippen LogP contribution is 2.29. The summed E-state index contributed by atoms with van der Waals surface area (Å²) in [6.07, 6.45) is 0. The number of aryl methyl sites for hydroxylation is 1. The lowest BCUT2D eigenvalue weighted by atomic mass is 10.2. The molecule has 0 heterocycles. The molecule has 17 heavy (non-hydrogen) atoms. The number of hydrogen-bond donors (Lipinski definition) is 2. The number of aliphatic hydroxyl groups excluding tert-OH is 1. The van der Waals surface area contributed by atoms with Gasteiger partial charge in [0.2, 0.25) is 0 Å². The van der Waals surface area contributed by atoms with Gasteiger partial charge in [0.1, 0.15) is 5.75 Å². The first-order chi connectivity index (χ1) is 8.20. The first-order valence-electron chi connectivity index (χ1n) is 5.43. The van der Waals surface area contributed by atoms with Crippen molar-refractivity contribution < 1.29 is 9.84 Å². The van der Waals surface area contributed by atoms with Crippen molar-refractivity contribution in [3.8, 4) is 11.5 Å². The minimum atomic E-state index is 0.0346. The van der Waals surface area contributed by atoms with Crippen LogP contribution in [-0.4, -0.2) is 5.11 Å². The smallest absolute Gasteiger partial charge is 0.150 e. The maximum atomic E-state index is 8.94. The van der Waals surface area contributed by atoms with E-state index in [0.717, 1.165) is 11.1 Å². The Balaban J connectivity index is 2.22. The van der Waals surface area contributed by atoms with Crippen molar-refractivity contribution in [1.82, 2.24) is 0 Å². The van der Waals surface area contributed by atoms with Crippen molar-refractivity contribution in [2.45, 2.75) is 13.5 Å². The Kier molecular flexibility index (Phi) is 3.30. The normalized spacial score (nSPS) is 10.2. The molecule has 0 spiro atoms. The summed E-state index contributed by atoms with van der Waals surface area (Å²) >= 11 is 0. The van der Waals surface area contributed by atoms with Crippen molar-refractivity contribution in [3.63, 3.8) is 0 Å². The van der Waals surface area contributed by atoms with Crippen molar-refractivity contribution >= 4 is 5.69 Å². The lowest BCUT2D eigenvalue weighted by molar-refractivity contribution is 0.281. The van der Waals surface area contributed by atoms with Gasteiger partial charge in [0.25, 0.3) is 0 Å². The van der Waals surface area contributed by atoms with E-state index in [4.69, 9.17) is 15.6 Å². The summed E-state index contributed by atoms with van der Waals surface area (Å²) in [5.74, 6) is 1.36. The fraction of sp³-hybridized carbons (Fsp3) is 0.143. The van der Waals surface area contributed by atoms with Crippen molar-refractivity contribution in [1.29, 1.82) is 0 Å². The highest BCUT2D eigenvalue weighted by molar-refractivity contribution is 5.58. The summed E-state index contributed by atoms with van der Waals surface area (Å²) in [4.78, 5) is 0. The number of hydrogen-bond acceptors (Lipinski definition) is 3. The van der Waals surface area contributed by atoms with Crippen molar-refractivity contribution in [2.24, 2.45) is 0 Å². The standard InChI is InChI=1S/C14H15NO2/c1-10-3-2-4-13(14(10)15)17-12-7-5-11(9-16)6-8-12/h2-8,16H,9,15H2,1H3. The molecule has 2 aromatic carbocycles. The average molecular weight is 229 g/mol. The van der Waals surface area contributed by atoms with E-state index >= 15 is 0 Å². The largest absolute Gasteiger partial charge is 0.455 e. The molecule has 2 aromatic rings. The Morgan fingerprint density at radius 2 is 1.82 bits per heavy atom. The molecule has 0 aliphatic rings. The average Bonchev–Trinajstić information content (AvgIpc) is 2.36. The Labute approximate surface area is 100 Å². The maximum absolute atomic E-state index is 8.94. The van der Waals surface area contributed by atoms with Gasteiger partial charge < -0.3 is 15.6 Å². The minimum Gasteiger partial charge on any atom is -0.455 e. The van der Waals surface area contributed by atoms with Crippen LogP contribution in [0, 0.1) is 6.92 Å². The number of benzene rings is 2. The topological polar surface area (TPSA) is 55.5 Å². The molecule has 88 valence electrons. The van der Waals surface area contributed by atoms with Crippen LogP contribution in [0.3, 0.4) is 0 Å². The van der Waals surface area contributed by atoms with Crippen LogP contribution in [0.5, 0.6) is 11.5 Å². The molecule has 2 rings (SSSR count). The second-order valence-electron chi connectivity index (χ2n) is 3.89. The van der Waals surface area contributed by atoms with E-state index in [0.29, 0.717) is 17.2 Å². The van der Waals surface area contributed by atoms with Gasteiger partial charge in [-0.05, 0) is 36.2 Å². The highest BCUT2D eigenvalue weighted by Gasteiger charge is 2.03. The zero-order valence-corrected chi connectivity index (χ0v) is 9.68. The van der Waals surface area contributed by atoms with Crippen LogP contribution in [0.15, 0.2) is 42.5 Å². The number of ether oxygens (including phenoxy) is 1. The van der Waals surface area contributed by atoms with E-state index in [2.05, 4.69) is 0 Å². The van der Waals surface area contributed by atoms with Gasteiger partial charge in [-0.15, -0.1) is 0 Å². The summed E-state index contributed by atoms with van der Waals surface area (Å²) < 4.78 is 5.68. The van der Waals surface area contributed by atoms with E-state index in [9.17, 15) is 0 Å². The highest BCUT2D eigenvalue weighted by atomic mass is 16.5. The molecule has 0 atom stereocenters. The van der Waals surface area contributed by atoms with Gasteiger partial charge in [-0.1, -0.05) is 24.3 Å². The Morgan fingerprint density at radius 3 is 2.47 bits per heavy atom. The predicted molar refractivity (Wildman–Crippen MR) is 68.0 cm³/mol. The second-order valence-corrected chi connectivity index (χ2v) is 3.89. The van der Waals surface area contributed by atoms with Gasteiger partial charge in [0.15, 0.2) is 5.75 Å². The minimum absolute atomic E-state index is 0.0346. The lowest BCUT2D eigenvalue weighted by Gasteiger charge is -2.10. The van der Waals surface area contributed by atoms with Gasteiger partial charge in [-0.2, -0.15) is 0 Å². The molecule has 0 saturated heterocycles. The molecule has 0 bridgehead atoms. The molecule has 0 saturated carbocycles. The van der Waals surface area contributed by atoms with Crippen LogP contribution in [0.4, 0.5) is 5.69 Å². The van der Waals surface area contributed by atoms with Crippen LogP contribution in [0.2, 0.25) is 0 Å². The monoisotopic (exact) mass is 229 g/mol. The fourth-order valence-electron chi connectivity index (χ4n) is 1.53. The third kappa shape index (κ3) is 2.57. The van der Waals surface area contributed by atoms with Crippen LogP contribution < -0.4 is 10.5 Å². The lowest BCUT2D eigenvalue weighted by Crippen LogP contribution is -1.94. The molecule has 0 amide bonds. The summed E-state index contributed by atoms with van der Waals surface area (Å²) in [5, 5.41) is 8.94. The van der Waals surface area contributed by atoms with E-state index in [1.54, 1.807) is 0 Å². The van der Waals surface area contributed by atoms with E-state index in [1.807, 2.05) is 49.4 Å². The molecule has 3 nitrogen and oxygen atoms in total. The van der Waals surface area contributed by atoms with Gasteiger partial charge in [0.05, 0.1) is 12.3 Å². The summed E-state index contributed by atoms with van der Waals surface area (Å²) in [6.45, 7) is 1.98. The molecule has 0 fully saturated rings.